The summed E-state index contributed by atoms with van der Waals surface area (Å²) in [4.78, 5) is 10.2. The molecule has 6 nitrogen and oxygen atoms in total. The van der Waals surface area contributed by atoms with E-state index in [1.807, 2.05) is 13.1 Å². The largest absolute Gasteiger partial charge is 0.480 e. The van der Waals surface area contributed by atoms with Gasteiger partial charge in [0, 0.05) is 6.54 Å². The van der Waals surface area contributed by atoms with Gasteiger partial charge in [0.2, 0.25) is 0 Å². The Labute approximate surface area is 193 Å². The lowest BCUT2D eigenvalue weighted by molar-refractivity contribution is -0.138. The summed E-state index contributed by atoms with van der Waals surface area (Å²) >= 11 is 0. The van der Waals surface area contributed by atoms with Crippen LogP contribution in [0.2, 0.25) is 6.32 Å². The van der Waals surface area contributed by atoms with Gasteiger partial charge in [0.15, 0.2) is 0 Å². The Morgan fingerprint density at radius 3 is 1.94 bits per heavy atom. The highest BCUT2D eigenvalue weighted by Gasteiger charge is 2.11. The summed E-state index contributed by atoms with van der Waals surface area (Å²) in [6.07, 6.45) is 9.33. The van der Waals surface area contributed by atoms with Crippen LogP contribution in [0, 0.1) is 0 Å². The van der Waals surface area contributed by atoms with Crippen LogP contribution in [0.25, 0.3) is 11.1 Å². The number of hydrogen-bond donors (Lipinski definition) is 5. The standard InChI is InChI=1S/C14H15N.C6H14BNO4.C5H10/c1-15-11-12-7-9-14(10-8-12)13-5-3-2-4-6-13;8-5(6(9)10)3-1-2-4-7(11)12;1-2-4-5-3-1/h2-10,15H,11H2,1H3;5,11-12H,1-4,8H2,(H,9,10);1-5H2. The van der Waals surface area contributed by atoms with E-state index in [4.69, 9.17) is 20.9 Å². The summed E-state index contributed by atoms with van der Waals surface area (Å²) < 4.78 is 0. The fourth-order valence-electron chi connectivity index (χ4n) is 3.35. The van der Waals surface area contributed by atoms with E-state index in [2.05, 4.69) is 53.8 Å². The third-order valence-corrected chi connectivity index (χ3v) is 5.24. The Hall–Kier alpha value is -2.19. The van der Waals surface area contributed by atoms with Gasteiger partial charge in [0.1, 0.15) is 6.04 Å². The number of carboxylic acid groups (broad SMARTS) is 1. The molecule has 0 heterocycles. The average Bonchev–Trinajstić information content (AvgIpc) is 3.38. The highest BCUT2D eigenvalue weighted by atomic mass is 16.4. The fourth-order valence-corrected chi connectivity index (χ4v) is 3.35. The van der Waals surface area contributed by atoms with Crippen LogP contribution in [0.5, 0.6) is 0 Å². The second-order valence-corrected chi connectivity index (χ2v) is 8.07. The molecule has 1 aliphatic rings. The van der Waals surface area contributed by atoms with Crippen LogP contribution in [-0.2, 0) is 11.3 Å². The van der Waals surface area contributed by atoms with Crippen molar-refractivity contribution in [3.8, 4) is 11.1 Å². The predicted molar refractivity (Wildman–Crippen MR) is 132 cm³/mol. The quantitative estimate of drug-likeness (QED) is 0.295. The number of nitrogens with two attached hydrogens (primary N) is 1. The van der Waals surface area contributed by atoms with Crippen molar-refractivity contribution in [2.45, 2.75) is 70.3 Å². The molecule has 2 aromatic carbocycles. The van der Waals surface area contributed by atoms with Crippen molar-refractivity contribution in [2.75, 3.05) is 7.05 Å². The van der Waals surface area contributed by atoms with E-state index >= 15 is 0 Å². The molecule has 1 unspecified atom stereocenters. The Bertz CT molecular complexity index is 715. The summed E-state index contributed by atoms with van der Waals surface area (Å²) in [5.41, 5.74) is 9.07. The van der Waals surface area contributed by atoms with Crippen molar-refractivity contribution >= 4 is 13.1 Å². The molecule has 3 rings (SSSR count). The topological polar surface area (TPSA) is 116 Å². The molecule has 1 saturated carbocycles. The SMILES string of the molecule is C1CCCC1.CNCc1ccc(-c2ccccc2)cc1.NC(CCCCB(O)O)C(=O)O. The lowest BCUT2D eigenvalue weighted by atomic mass is 9.83. The molecule has 0 bridgehead atoms. The average molecular weight is 442 g/mol. The number of carbonyl (C=O) groups is 1. The minimum atomic E-state index is -1.30. The van der Waals surface area contributed by atoms with Crippen molar-refractivity contribution in [3.05, 3.63) is 60.2 Å². The van der Waals surface area contributed by atoms with Crippen LogP contribution in [0.1, 0.15) is 56.9 Å². The van der Waals surface area contributed by atoms with E-state index in [0.717, 1.165) is 6.54 Å². The molecule has 0 spiro atoms. The molecule has 0 radical (unpaired) electrons. The molecule has 0 aliphatic heterocycles. The zero-order valence-corrected chi connectivity index (χ0v) is 19.2. The minimum absolute atomic E-state index is 0.270. The third kappa shape index (κ3) is 13.3. The van der Waals surface area contributed by atoms with E-state index in [9.17, 15) is 4.79 Å². The van der Waals surface area contributed by atoms with E-state index in [-0.39, 0.29) is 6.32 Å². The van der Waals surface area contributed by atoms with Crippen LogP contribution < -0.4 is 11.1 Å². The van der Waals surface area contributed by atoms with Crippen LogP contribution in [-0.4, -0.2) is 41.3 Å². The molecule has 6 N–H and O–H groups in total. The van der Waals surface area contributed by atoms with Gasteiger partial charge in [-0.3, -0.25) is 4.79 Å². The number of aliphatic carboxylic acids is 1. The third-order valence-electron chi connectivity index (χ3n) is 5.24. The van der Waals surface area contributed by atoms with Gasteiger partial charge in [-0.15, -0.1) is 0 Å². The molecule has 1 atom stereocenters. The van der Waals surface area contributed by atoms with Gasteiger partial charge >= 0.3 is 13.1 Å². The minimum Gasteiger partial charge on any atom is -0.480 e. The summed E-state index contributed by atoms with van der Waals surface area (Å²) in [6, 6.07) is 18.3. The van der Waals surface area contributed by atoms with Crippen molar-refractivity contribution in [1.29, 1.82) is 0 Å². The molecule has 2 aromatic rings. The highest BCUT2D eigenvalue weighted by molar-refractivity contribution is 6.40. The predicted octanol–water partition coefficient (Wildman–Crippen LogP) is 4.06. The maximum Gasteiger partial charge on any atom is 0.451 e. The first-order valence-electron chi connectivity index (χ1n) is 11.6. The molecule has 0 saturated heterocycles. The number of unbranched alkanes of at least 4 members (excludes halogenated alkanes) is 1. The number of hydrogen-bond acceptors (Lipinski definition) is 5. The van der Waals surface area contributed by atoms with E-state index < -0.39 is 19.1 Å². The molecule has 0 amide bonds. The molecule has 32 heavy (non-hydrogen) atoms. The van der Waals surface area contributed by atoms with E-state index in [1.165, 1.54) is 48.8 Å². The van der Waals surface area contributed by atoms with Crippen molar-refractivity contribution in [3.63, 3.8) is 0 Å². The normalized spacial score (nSPS) is 13.2. The highest BCUT2D eigenvalue weighted by Crippen LogP contribution is 2.19. The van der Waals surface area contributed by atoms with Gasteiger partial charge in [-0.2, -0.15) is 0 Å². The van der Waals surface area contributed by atoms with E-state index in [0.29, 0.717) is 19.3 Å². The van der Waals surface area contributed by atoms with Gasteiger partial charge in [-0.25, -0.2) is 0 Å². The molecule has 1 fully saturated rings. The van der Waals surface area contributed by atoms with Gasteiger partial charge in [-0.05, 0) is 36.5 Å². The van der Waals surface area contributed by atoms with Gasteiger partial charge in [0.05, 0.1) is 0 Å². The van der Waals surface area contributed by atoms with Gasteiger partial charge in [0.25, 0.3) is 0 Å². The van der Waals surface area contributed by atoms with Crippen LogP contribution in [0.15, 0.2) is 54.6 Å². The molecular formula is C25H39BN2O4. The lowest BCUT2D eigenvalue weighted by Gasteiger charge is -2.04. The zero-order chi connectivity index (χ0) is 23.6. The molecule has 176 valence electrons. The monoisotopic (exact) mass is 442 g/mol. The summed E-state index contributed by atoms with van der Waals surface area (Å²) in [7, 11) is 0.663. The second kappa shape index (κ2) is 17.4. The summed E-state index contributed by atoms with van der Waals surface area (Å²) in [5, 5.41) is 28.4. The maximum atomic E-state index is 10.2. The Morgan fingerprint density at radius 2 is 1.47 bits per heavy atom. The first-order chi connectivity index (χ1) is 15.4. The number of rotatable bonds is 9. The van der Waals surface area contributed by atoms with Gasteiger partial charge < -0.3 is 26.2 Å². The smallest absolute Gasteiger partial charge is 0.451 e. The van der Waals surface area contributed by atoms with Crippen LogP contribution >= 0.6 is 0 Å². The number of carboxylic acids is 1. The Kier molecular flexibility index (Phi) is 15.1. The Morgan fingerprint density at radius 1 is 0.938 bits per heavy atom. The lowest BCUT2D eigenvalue weighted by Crippen LogP contribution is -2.29. The molecule has 1 aliphatic carbocycles. The summed E-state index contributed by atoms with van der Waals surface area (Å²) in [5.74, 6) is -1.01. The van der Waals surface area contributed by atoms with Crippen molar-refractivity contribution in [2.24, 2.45) is 5.73 Å². The van der Waals surface area contributed by atoms with Crippen LogP contribution in [0.3, 0.4) is 0 Å². The number of benzene rings is 2. The first kappa shape index (κ1) is 27.8. The van der Waals surface area contributed by atoms with Gasteiger partial charge in [-0.1, -0.05) is 99.5 Å². The molecule has 0 aromatic heterocycles. The van der Waals surface area contributed by atoms with Crippen LogP contribution in [0.4, 0.5) is 0 Å². The Balaban J connectivity index is 0.000000268. The first-order valence-corrected chi connectivity index (χ1v) is 11.6. The van der Waals surface area contributed by atoms with Crippen molar-refractivity contribution in [1.82, 2.24) is 5.32 Å². The summed E-state index contributed by atoms with van der Waals surface area (Å²) in [6.45, 7) is 0.926. The van der Waals surface area contributed by atoms with Crippen molar-refractivity contribution < 1.29 is 19.9 Å². The molecular weight excluding hydrogens is 403 g/mol. The fraction of sp³-hybridized carbons (Fsp3) is 0.480. The molecule has 7 heteroatoms. The number of nitrogens with one attached hydrogen (secondary N) is 1. The van der Waals surface area contributed by atoms with E-state index in [1.54, 1.807) is 0 Å². The second-order valence-electron chi connectivity index (χ2n) is 8.07. The zero-order valence-electron chi connectivity index (χ0n) is 19.2. The maximum absolute atomic E-state index is 10.2.